The maximum absolute atomic E-state index is 12.8. The number of methoxy groups -OCH3 is 1. The number of fused-ring (bicyclic) bond motifs is 1. The molecule has 1 heterocycles. The van der Waals surface area contributed by atoms with Crippen molar-refractivity contribution in [3.8, 4) is 0 Å². The normalized spacial score (nSPS) is 23.5. The molecule has 1 saturated carbocycles. The van der Waals surface area contributed by atoms with Crippen LogP contribution in [-0.4, -0.2) is 53.1 Å². The van der Waals surface area contributed by atoms with Crippen LogP contribution in [0.5, 0.6) is 0 Å². The molecule has 2 N–H and O–H groups in total. The molecule has 8 nitrogen and oxygen atoms in total. The molecule has 0 bridgehead atoms. The van der Waals surface area contributed by atoms with Crippen LogP contribution in [0.15, 0.2) is 23.1 Å². The number of nitrogens with one attached hydrogen (secondary N) is 2. The third kappa shape index (κ3) is 5.64. The Labute approximate surface area is 184 Å². The Morgan fingerprint density at radius 2 is 1.90 bits per heavy atom. The molecule has 2 amide bonds. The monoisotopic (exact) mass is 451 g/mol. The smallest absolute Gasteiger partial charge is 0.240 e. The van der Waals surface area contributed by atoms with Gasteiger partial charge in [0.25, 0.3) is 0 Å². The molecule has 0 spiro atoms. The van der Waals surface area contributed by atoms with Crippen LogP contribution in [-0.2, 0) is 30.8 Å². The maximum atomic E-state index is 12.8. The molecule has 31 heavy (non-hydrogen) atoms. The summed E-state index contributed by atoms with van der Waals surface area (Å²) in [4.78, 5) is 26.0. The molecule has 3 rings (SSSR count). The van der Waals surface area contributed by atoms with Gasteiger partial charge in [-0.1, -0.05) is 0 Å². The first kappa shape index (κ1) is 23.7. The summed E-state index contributed by atoms with van der Waals surface area (Å²) in [5.74, 6) is 0.235. The lowest BCUT2D eigenvalue weighted by Gasteiger charge is -2.27. The van der Waals surface area contributed by atoms with E-state index in [2.05, 4.69) is 10.0 Å². The van der Waals surface area contributed by atoms with E-state index in [4.69, 9.17) is 4.74 Å². The first-order valence-electron chi connectivity index (χ1n) is 10.9. The number of ether oxygens (including phenoxy) is 1. The van der Waals surface area contributed by atoms with E-state index in [1.165, 1.54) is 6.92 Å². The minimum absolute atomic E-state index is 0.00682. The molecule has 1 aromatic carbocycles. The zero-order valence-corrected chi connectivity index (χ0v) is 19.3. The second-order valence-corrected chi connectivity index (χ2v) is 10.4. The van der Waals surface area contributed by atoms with Crippen LogP contribution in [0.3, 0.4) is 0 Å². The van der Waals surface area contributed by atoms with Crippen LogP contribution in [0.2, 0.25) is 0 Å². The lowest BCUT2D eigenvalue weighted by atomic mass is 9.81. The van der Waals surface area contributed by atoms with Crippen LogP contribution in [0.4, 0.5) is 5.69 Å². The number of sulfonamides is 1. The van der Waals surface area contributed by atoms with Gasteiger partial charge in [-0.3, -0.25) is 9.59 Å². The van der Waals surface area contributed by atoms with Crippen molar-refractivity contribution >= 4 is 27.5 Å². The van der Waals surface area contributed by atoms with Crippen molar-refractivity contribution < 1.29 is 22.7 Å². The van der Waals surface area contributed by atoms with Crippen molar-refractivity contribution in [1.29, 1.82) is 0 Å². The van der Waals surface area contributed by atoms with Crippen LogP contribution in [0.1, 0.15) is 45.1 Å². The molecule has 2 aliphatic rings. The van der Waals surface area contributed by atoms with Gasteiger partial charge in [0.1, 0.15) is 0 Å². The average Bonchev–Trinajstić information content (AvgIpc) is 3.08. The molecule has 1 atom stereocenters. The van der Waals surface area contributed by atoms with Crippen molar-refractivity contribution in [2.24, 2.45) is 11.8 Å². The van der Waals surface area contributed by atoms with Crippen LogP contribution in [0.25, 0.3) is 0 Å². The van der Waals surface area contributed by atoms with Gasteiger partial charge in [0.05, 0.1) is 11.5 Å². The summed E-state index contributed by atoms with van der Waals surface area (Å²) in [5, 5.41) is 2.88. The first-order chi connectivity index (χ1) is 14.7. The summed E-state index contributed by atoms with van der Waals surface area (Å²) < 4.78 is 33.3. The Balaban J connectivity index is 1.53. The summed E-state index contributed by atoms with van der Waals surface area (Å²) in [6.45, 7) is 4.86. The van der Waals surface area contributed by atoms with E-state index in [1.807, 2.05) is 6.92 Å². The molecule has 1 aliphatic carbocycles. The van der Waals surface area contributed by atoms with Gasteiger partial charge in [-0.15, -0.1) is 0 Å². The van der Waals surface area contributed by atoms with Crippen LogP contribution < -0.4 is 14.9 Å². The van der Waals surface area contributed by atoms with E-state index >= 15 is 0 Å². The van der Waals surface area contributed by atoms with Crippen molar-refractivity contribution in [2.75, 3.05) is 31.7 Å². The number of anilines is 1. The molecular formula is C22H33N3O5S. The number of hydrogen-bond acceptors (Lipinski definition) is 5. The van der Waals surface area contributed by atoms with Gasteiger partial charge in [0.2, 0.25) is 21.8 Å². The maximum Gasteiger partial charge on any atom is 0.240 e. The van der Waals surface area contributed by atoms with Gasteiger partial charge in [-0.05, 0) is 68.7 Å². The second-order valence-electron chi connectivity index (χ2n) is 8.59. The molecule has 1 unspecified atom stereocenters. The van der Waals surface area contributed by atoms with Crippen LogP contribution >= 0.6 is 0 Å². The lowest BCUT2D eigenvalue weighted by molar-refractivity contribution is -0.126. The Hall–Kier alpha value is -1.97. The highest BCUT2D eigenvalue weighted by atomic mass is 32.2. The fraction of sp³-hybridized carbons (Fsp3) is 0.636. The van der Waals surface area contributed by atoms with E-state index < -0.39 is 10.0 Å². The minimum Gasteiger partial charge on any atom is -0.383 e. The third-order valence-electron chi connectivity index (χ3n) is 6.30. The SMILES string of the molecule is COCCNC(=O)C1CCC(CNS(=O)(=O)c2ccc3c(c2)CC(C)N3C(C)=O)CC1. The van der Waals surface area contributed by atoms with E-state index in [0.717, 1.165) is 36.9 Å². The highest BCUT2D eigenvalue weighted by Gasteiger charge is 2.31. The van der Waals surface area contributed by atoms with E-state index in [1.54, 1.807) is 30.2 Å². The standard InChI is InChI=1S/C22H33N3O5S/c1-15-12-19-13-20(8-9-21(19)25(15)16(2)26)31(28,29)24-14-17-4-6-18(7-5-17)22(27)23-10-11-30-3/h8-9,13,15,17-18,24H,4-7,10-12,14H2,1-3H3,(H,23,27). The number of amides is 2. The van der Waals surface area contributed by atoms with Gasteiger partial charge in [-0.2, -0.15) is 0 Å². The fourth-order valence-corrected chi connectivity index (χ4v) is 5.78. The number of rotatable bonds is 8. The number of carbonyl (C=O) groups excluding carboxylic acids is 2. The quantitative estimate of drug-likeness (QED) is 0.587. The number of hydrogen-bond donors (Lipinski definition) is 2. The Morgan fingerprint density at radius 1 is 1.19 bits per heavy atom. The predicted molar refractivity (Wildman–Crippen MR) is 118 cm³/mol. The van der Waals surface area contributed by atoms with Crippen molar-refractivity contribution in [2.45, 2.75) is 56.9 Å². The summed E-state index contributed by atoms with van der Waals surface area (Å²) in [6, 6.07) is 5.00. The molecule has 1 aliphatic heterocycles. The molecule has 1 fully saturated rings. The van der Waals surface area contributed by atoms with Crippen molar-refractivity contribution in [3.05, 3.63) is 23.8 Å². The van der Waals surface area contributed by atoms with Crippen molar-refractivity contribution in [3.63, 3.8) is 0 Å². The summed E-state index contributed by atoms with van der Waals surface area (Å²) in [5.41, 5.74) is 1.67. The molecular weight excluding hydrogens is 418 g/mol. The van der Waals surface area contributed by atoms with Gasteiger partial charge in [-0.25, -0.2) is 13.1 Å². The molecule has 0 saturated heterocycles. The Bertz CT molecular complexity index is 910. The Morgan fingerprint density at radius 3 is 2.55 bits per heavy atom. The number of benzene rings is 1. The second kappa shape index (κ2) is 10.1. The largest absolute Gasteiger partial charge is 0.383 e. The van der Waals surface area contributed by atoms with Gasteiger partial charge < -0.3 is 15.0 Å². The first-order valence-corrected chi connectivity index (χ1v) is 12.4. The highest BCUT2D eigenvalue weighted by Crippen LogP contribution is 2.34. The predicted octanol–water partition coefficient (Wildman–Crippen LogP) is 1.83. The topological polar surface area (TPSA) is 105 Å². The molecule has 0 radical (unpaired) electrons. The molecule has 172 valence electrons. The van der Waals surface area contributed by atoms with Crippen LogP contribution in [0, 0.1) is 11.8 Å². The summed E-state index contributed by atoms with van der Waals surface area (Å²) >= 11 is 0. The third-order valence-corrected chi connectivity index (χ3v) is 7.72. The van der Waals surface area contributed by atoms with E-state index in [-0.39, 0.29) is 34.6 Å². The lowest BCUT2D eigenvalue weighted by Crippen LogP contribution is -2.37. The zero-order chi connectivity index (χ0) is 22.6. The summed E-state index contributed by atoms with van der Waals surface area (Å²) in [7, 11) is -2.03. The number of nitrogens with zero attached hydrogens (tertiary/aromatic N) is 1. The van der Waals surface area contributed by atoms with E-state index in [0.29, 0.717) is 26.1 Å². The fourth-order valence-electron chi connectivity index (χ4n) is 4.61. The number of carbonyl (C=O) groups is 2. The average molecular weight is 452 g/mol. The Kier molecular flexibility index (Phi) is 7.72. The van der Waals surface area contributed by atoms with Gasteiger partial charge >= 0.3 is 0 Å². The summed E-state index contributed by atoms with van der Waals surface area (Å²) in [6.07, 6.45) is 3.82. The van der Waals surface area contributed by atoms with Gasteiger partial charge in [0, 0.05) is 44.8 Å². The molecule has 1 aromatic rings. The van der Waals surface area contributed by atoms with Gasteiger partial charge in [0.15, 0.2) is 0 Å². The zero-order valence-electron chi connectivity index (χ0n) is 18.5. The highest BCUT2D eigenvalue weighted by molar-refractivity contribution is 7.89. The van der Waals surface area contributed by atoms with Crippen molar-refractivity contribution in [1.82, 2.24) is 10.0 Å². The van der Waals surface area contributed by atoms with E-state index in [9.17, 15) is 18.0 Å². The molecule has 9 heteroatoms. The minimum atomic E-state index is -3.63. The molecule has 0 aromatic heterocycles.